The van der Waals surface area contributed by atoms with E-state index in [0.717, 1.165) is 0 Å². The zero-order valence-electron chi connectivity index (χ0n) is 6.64. The highest BCUT2D eigenvalue weighted by Crippen LogP contribution is 2.23. The second-order valence-corrected chi connectivity index (χ2v) is 3.08. The van der Waals surface area contributed by atoms with E-state index in [1.165, 1.54) is 0 Å². The average Bonchev–Trinajstić information content (AvgIpc) is 1.94. The van der Waals surface area contributed by atoms with Crippen LogP contribution in [0.15, 0.2) is 0 Å². The molecule has 0 aromatic heterocycles. The topological polar surface area (TPSA) is 83.5 Å². The summed E-state index contributed by atoms with van der Waals surface area (Å²) in [4.78, 5) is 10.5. The van der Waals surface area contributed by atoms with Crippen molar-refractivity contribution in [3.05, 3.63) is 0 Å². The first-order valence-electron chi connectivity index (χ1n) is 3.77. The van der Waals surface area contributed by atoms with Crippen molar-refractivity contribution in [2.75, 3.05) is 0 Å². The lowest BCUT2D eigenvalue weighted by Crippen LogP contribution is -2.42. The van der Waals surface area contributed by atoms with Crippen molar-refractivity contribution in [1.82, 2.24) is 0 Å². The molecule has 1 aliphatic rings. The second kappa shape index (κ2) is 4.64. The number of aliphatic hydroxyl groups excluding tert-OH is 1. The summed E-state index contributed by atoms with van der Waals surface area (Å²) >= 11 is 0. The number of aliphatic carboxylic acids is 1. The minimum atomic E-state index is -0.892. The summed E-state index contributed by atoms with van der Waals surface area (Å²) in [6, 6.07) is -0.282. The monoisotopic (exact) mass is 195 g/mol. The van der Waals surface area contributed by atoms with Crippen LogP contribution in [0, 0.1) is 5.92 Å². The number of hydrogen-bond acceptors (Lipinski definition) is 3. The zero-order valence-corrected chi connectivity index (χ0v) is 7.46. The standard InChI is InChI=1S/C7H13NO3.ClH/c8-6-2-1-4(9)3-5(6)7(10)11;/h4-6,9H,1-3,8H2,(H,10,11);1H. The van der Waals surface area contributed by atoms with Crippen molar-refractivity contribution in [1.29, 1.82) is 0 Å². The molecule has 4 nitrogen and oxygen atoms in total. The van der Waals surface area contributed by atoms with Crippen LogP contribution < -0.4 is 5.73 Å². The Morgan fingerprint density at radius 3 is 2.42 bits per heavy atom. The molecular weight excluding hydrogens is 182 g/mol. The molecular formula is C7H14ClNO3. The van der Waals surface area contributed by atoms with E-state index in [-0.39, 0.29) is 18.4 Å². The molecule has 0 amide bonds. The maximum Gasteiger partial charge on any atom is 0.308 e. The van der Waals surface area contributed by atoms with Gasteiger partial charge in [-0.15, -0.1) is 12.4 Å². The number of carboxylic acid groups (broad SMARTS) is 1. The van der Waals surface area contributed by atoms with Crippen molar-refractivity contribution < 1.29 is 15.0 Å². The largest absolute Gasteiger partial charge is 0.481 e. The number of rotatable bonds is 1. The number of halogens is 1. The van der Waals surface area contributed by atoms with E-state index >= 15 is 0 Å². The Labute approximate surface area is 77.2 Å². The molecule has 0 aromatic rings. The number of aliphatic hydroxyl groups is 1. The third-order valence-corrected chi connectivity index (χ3v) is 2.19. The molecule has 0 aliphatic heterocycles. The smallest absolute Gasteiger partial charge is 0.308 e. The van der Waals surface area contributed by atoms with E-state index in [1.807, 2.05) is 0 Å². The molecule has 0 aromatic carbocycles. The third-order valence-electron chi connectivity index (χ3n) is 2.19. The first-order valence-corrected chi connectivity index (χ1v) is 3.77. The Balaban J connectivity index is 0.00000121. The molecule has 0 spiro atoms. The number of nitrogens with two attached hydrogens (primary N) is 1. The molecule has 3 atom stereocenters. The van der Waals surface area contributed by atoms with Crippen molar-refractivity contribution in [2.45, 2.75) is 31.4 Å². The first kappa shape index (κ1) is 11.7. The van der Waals surface area contributed by atoms with Crippen molar-refractivity contribution >= 4 is 18.4 Å². The van der Waals surface area contributed by atoms with Gasteiger partial charge in [0.2, 0.25) is 0 Å². The van der Waals surface area contributed by atoms with E-state index in [2.05, 4.69) is 0 Å². The summed E-state index contributed by atoms with van der Waals surface area (Å²) in [7, 11) is 0. The molecule has 1 fully saturated rings. The molecule has 0 heterocycles. The fourth-order valence-electron chi connectivity index (χ4n) is 1.46. The highest BCUT2D eigenvalue weighted by Gasteiger charge is 2.31. The molecule has 1 rings (SSSR count). The van der Waals surface area contributed by atoms with E-state index in [4.69, 9.17) is 15.9 Å². The summed E-state index contributed by atoms with van der Waals surface area (Å²) in [6.07, 6.45) is 1.07. The molecule has 0 bridgehead atoms. The van der Waals surface area contributed by atoms with Crippen LogP contribution in [0.25, 0.3) is 0 Å². The molecule has 3 unspecified atom stereocenters. The van der Waals surface area contributed by atoms with Gasteiger partial charge in [0.25, 0.3) is 0 Å². The SMILES string of the molecule is Cl.NC1CCC(O)CC1C(=O)O. The lowest BCUT2D eigenvalue weighted by Gasteiger charge is -2.28. The van der Waals surface area contributed by atoms with Crippen LogP contribution in [0.3, 0.4) is 0 Å². The summed E-state index contributed by atoms with van der Waals surface area (Å²) in [5.41, 5.74) is 5.55. The third kappa shape index (κ3) is 2.62. The Morgan fingerprint density at radius 1 is 1.42 bits per heavy atom. The molecule has 72 valence electrons. The summed E-state index contributed by atoms with van der Waals surface area (Å²) in [5, 5.41) is 17.8. The van der Waals surface area contributed by atoms with Crippen LogP contribution in [-0.4, -0.2) is 28.3 Å². The van der Waals surface area contributed by atoms with Gasteiger partial charge in [0.1, 0.15) is 0 Å². The predicted octanol–water partition coefficient (Wildman–Crippen LogP) is -0.0189. The Bertz CT molecular complexity index is 165. The molecule has 5 heteroatoms. The molecule has 1 aliphatic carbocycles. The van der Waals surface area contributed by atoms with Crippen molar-refractivity contribution in [2.24, 2.45) is 11.7 Å². The van der Waals surface area contributed by atoms with Gasteiger partial charge in [-0.05, 0) is 19.3 Å². The highest BCUT2D eigenvalue weighted by atomic mass is 35.5. The van der Waals surface area contributed by atoms with E-state index in [9.17, 15) is 4.79 Å². The Morgan fingerprint density at radius 2 is 2.00 bits per heavy atom. The van der Waals surface area contributed by atoms with Gasteiger partial charge in [-0.25, -0.2) is 0 Å². The lowest BCUT2D eigenvalue weighted by molar-refractivity contribution is -0.144. The fourth-order valence-corrected chi connectivity index (χ4v) is 1.46. The van der Waals surface area contributed by atoms with Crippen LogP contribution in [0.4, 0.5) is 0 Å². The molecule has 1 saturated carbocycles. The Kier molecular flexibility index (Phi) is 4.52. The van der Waals surface area contributed by atoms with Gasteiger partial charge in [0.15, 0.2) is 0 Å². The van der Waals surface area contributed by atoms with Crippen LogP contribution in [0.2, 0.25) is 0 Å². The van der Waals surface area contributed by atoms with Gasteiger partial charge in [0.05, 0.1) is 12.0 Å². The summed E-state index contributed by atoms with van der Waals surface area (Å²) in [6.45, 7) is 0. The lowest BCUT2D eigenvalue weighted by atomic mass is 9.83. The molecule has 4 N–H and O–H groups in total. The van der Waals surface area contributed by atoms with Crippen LogP contribution in [0.5, 0.6) is 0 Å². The highest BCUT2D eigenvalue weighted by molar-refractivity contribution is 5.85. The summed E-state index contributed by atoms with van der Waals surface area (Å²) < 4.78 is 0. The average molecular weight is 196 g/mol. The van der Waals surface area contributed by atoms with Crippen LogP contribution in [-0.2, 0) is 4.79 Å². The fraction of sp³-hybridized carbons (Fsp3) is 0.857. The predicted molar refractivity (Wildman–Crippen MR) is 46.2 cm³/mol. The van der Waals surface area contributed by atoms with Gasteiger partial charge >= 0.3 is 5.97 Å². The van der Waals surface area contributed by atoms with E-state index in [1.54, 1.807) is 0 Å². The number of carbonyl (C=O) groups is 1. The van der Waals surface area contributed by atoms with Crippen molar-refractivity contribution in [3.8, 4) is 0 Å². The maximum absolute atomic E-state index is 10.5. The second-order valence-electron chi connectivity index (χ2n) is 3.08. The first-order chi connectivity index (χ1) is 5.11. The van der Waals surface area contributed by atoms with Gasteiger partial charge in [-0.3, -0.25) is 4.79 Å². The quantitative estimate of drug-likeness (QED) is 0.549. The molecule has 0 saturated heterocycles. The summed E-state index contributed by atoms with van der Waals surface area (Å²) in [5.74, 6) is -1.45. The Hall–Kier alpha value is -0.320. The number of carboxylic acids is 1. The molecule has 12 heavy (non-hydrogen) atoms. The van der Waals surface area contributed by atoms with Crippen molar-refractivity contribution in [3.63, 3.8) is 0 Å². The van der Waals surface area contributed by atoms with E-state index in [0.29, 0.717) is 19.3 Å². The normalized spacial score (nSPS) is 35.3. The van der Waals surface area contributed by atoms with Gasteiger partial charge in [0, 0.05) is 6.04 Å². The van der Waals surface area contributed by atoms with Crippen LogP contribution in [0.1, 0.15) is 19.3 Å². The minimum Gasteiger partial charge on any atom is -0.481 e. The van der Waals surface area contributed by atoms with Gasteiger partial charge in [-0.2, -0.15) is 0 Å². The zero-order chi connectivity index (χ0) is 8.43. The van der Waals surface area contributed by atoms with Gasteiger partial charge < -0.3 is 15.9 Å². The van der Waals surface area contributed by atoms with Gasteiger partial charge in [-0.1, -0.05) is 0 Å². The minimum absolute atomic E-state index is 0. The maximum atomic E-state index is 10.5. The van der Waals surface area contributed by atoms with E-state index < -0.39 is 18.0 Å². The molecule has 0 radical (unpaired) electrons. The van der Waals surface area contributed by atoms with Crippen LogP contribution >= 0.6 is 12.4 Å². The number of hydrogen-bond donors (Lipinski definition) is 3.